The average molecular weight is 272 g/mol. The molecule has 0 saturated heterocycles. The van der Waals surface area contributed by atoms with Crippen LogP contribution in [-0.2, 0) is 0 Å². The van der Waals surface area contributed by atoms with Crippen molar-refractivity contribution in [2.75, 3.05) is 5.43 Å². The van der Waals surface area contributed by atoms with Gasteiger partial charge < -0.3 is 0 Å². The second-order valence-corrected chi connectivity index (χ2v) is 4.95. The van der Waals surface area contributed by atoms with Crippen LogP contribution in [0.2, 0.25) is 0 Å². The minimum atomic E-state index is -0.317. The van der Waals surface area contributed by atoms with Crippen molar-refractivity contribution < 1.29 is 4.79 Å². The zero-order valence-electron chi connectivity index (χ0n) is 11.0. The van der Waals surface area contributed by atoms with Gasteiger partial charge in [-0.25, -0.2) is 4.68 Å². The van der Waals surface area contributed by atoms with Gasteiger partial charge in [-0.1, -0.05) is 18.9 Å². The molecule has 20 heavy (non-hydrogen) atoms. The Kier molecular flexibility index (Phi) is 3.37. The molecule has 1 fully saturated rings. The maximum Gasteiger partial charge on any atom is 0.288 e. The molecule has 2 aromatic heterocycles. The summed E-state index contributed by atoms with van der Waals surface area (Å²) in [4.78, 5) is 23.9. The number of aromatic nitrogens is 3. The molecule has 6 nitrogen and oxygen atoms in total. The molecule has 0 bridgehead atoms. The van der Waals surface area contributed by atoms with Crippen LogP contribution in [-0.4, -0.2) is 20.4 Å². The van der Waals surface area contributed by atoms with E-state index in [2.05, 4.69) is 10.5 Å². The first-order valence-corrected chi connectivity index (χ1v) is 6.78. The van der Waals surface area contributed by atoms with Crippen molar-refractivity contribution in [3.8, 4) is 0 Å². The van der Waals surface area contributed by atoms with Crippen LogP contribution in [0, 0.1) is 0 Å². The van der Waals surface area contributed by atoms with Crippen molar-refractivity contribution in [3.63, 3.8) is 0 Å². The Morgan fingerprint density at radius 2 is 2.05 bits per heavy atom. The second kappa shape index (κ2) is 5.32. The van der Waals surface area contributed by atoms with E-state index in [1.807, 2.05) is 0 Å². The molecule has 0 aromatic carbocycles. The average Bonchev–Trinajstić information content (AvgIpc) is 3.11. The number of pyridine rings is 1. The Morgan fingerprint density at radius 3 is 2.80 bits per heavy atom. The van der Waals surface area contributed by atoms with E-state index in [1.54, 1.807) is 29.1 Å². The lowest BCUT2D eigenvalue weighted by molar-refractivity contribution is 0.0994. The normalized spacial score (nSPS) is 15.4. The Balaban J connectivity index is 1.83. The van der Waals surface area contributed by atoms with Crippen LogP contribution in [0.4, 0.5) is 0 Å². The van der Waals surface area contributed by atoms with Gasteiger partial charge in [0, 0.05) is 18.5 Å². The van der Waals surface area contributed by atoms with Gasteiger partial charge in [-0.3, -0.25) is 19.7 Å². The van der Waals surface area contributed by atoms with Gasteiger partial charge in [-0.15, -0.1) is 0 Å². The monoisotopic (exact) mass is 272 g/mol. The lowest BCUT2D eigenvalue weighted by Crippen LogP contribution is -2.33. The third kappa shape index (κ3) is 2.36. The van der Waals surface area contributed by atoms with E-state index in [1.165, 1.54) is 29.8 Å². The molecule has 2 heterocycles. The smallest absolute Gasteiger partial charge is 0.268 e. The molecule has 1 saturated carbocycles. The van der Waals surface area contributed by atoms with E-state index in [0.717, 1.165) is 12.8 Å². The summed E-state index contributed by atoms with van der Waals surface area (Å²) in [6.07, 6.45) is 7.59. The van der Waals surface area contributed by atoms with E-state index in [4.69, 9.17) is 0 Å². The summed E-state index contributed by atoms with van der Waals surface area (Å²) in [5, 5.41) is 4.25. The van der Waals surface area contributed by atoms with Crippen LogP contribution in [0.3, 0.4) is 0 Å². The van der Waals surface area contributed by atoms with Crippen LogP contribution in [0.15, 0.2) is 41.5 Å². The number of hydrogen-bond acceptors (Lipinski definition) is 3. The number of carbonyl (C=O) groups excluding carboxylic acids is 1. The summed E-state index contributed by atoms with van der Waals surface area (Å²) in [5.74, 6) is -0.317. The van der Waals surface area contributed by atoms with Crippen molar-refractivity contribution >= 4 is 5.91 Å². The fraction of sp³-hybridized carbons (Fsp3) is 0.357. The molecule has 1 aliphatic rings. The number of nitrogens with zero attached hydrogens (tertiary/aromatic N) is 3. The van der Waals surface area contributed by atoms with Crippen LogP contribution in [0.5, 0.6) is 0 Å². The van der Waals surface area contributed by atoms with E-state index >= 15 is 0 Å². The van der Waals surface area contributed by atoms with Gasteiger partial charge in [0.25, 0.3) is 11.5 Å². The highest BCUT2D eigenvalue weighted by Crippen LogP contribution is 2.29. The molecule has 0 aliphatic heterocycles. The highest BCUT2D eigenvalue weighted by atomic mass is 16.2. The molecule has 104 valence electrons. The highest BCUT2D eigenvalue weighted by molar-refractivity contribution is 5.98. The first-order valence-electron chi connectivity index (χ1n) is 6.78. The van der Waals surface area contributed by atoms with E-state index < -0.39 is 0 Å². The zero-order chi connectivity index (χ0) is 13.9. The molecule has 1 N–H and O–H groups in total. The quantitative estimate of drug-likeness (QED) is 0.921. The summed E-state index contributed by atoms with van der Waals surface area (Å²) in [6.45, 7) is 0. The Morgan fingerprint density at radius 1 is 1.25 bits per heavy atom. The Hall–Kier alpha value is -2.37. The molecule has 0 atom stereocenters. The number of rotatable bonds is 3. The topological polar surface area (TPSA) is 68.9 Å². The van der Waals surface area contributed by atoms with Crippen LogP contribution in [0.25, 0.3) is 0 Å². The second-order valence-electron chi connectivity index (χ2n) is 4.95. The number of nitrogens with one attached hydrogen (secondary N) is 1. The summed E-state index contributed by atoms with van der Waals surface area (Å²) < 4.78 is 2.95. The first-order chi connectivity index (χ1) is 9.75. The fourth-order valence-corrected chi connectivity index (χ4v) is 2.62. The molecular weight excluding hydrogens is 256 g/mol. The highest BCUT2D eigenvalue weighted by Gasteiger charge is 2.22. The SMILES string of the molecule is O=C(Nn1ccccc1=O)c1ccnn1C1CCCC1. The van der Waals surface area contributed by atoms with Crippen molar-refractivity contribution in [2.45, 2.75) is 31.7 Å². The lowest BCUT2D eigenvalue weighted by atomic mass is 10.2. The largest absolute Gasteiger partial charge is 0.288 e. The van der Waals surface area contributed by atoms with Gasteiger partial charge in [0.1, 0.15) is 5.69 Å². The van der Waals surface area contributed by atoms with Crippen molar-refractivity contribution in [1.82, 2.24) is 14.5 Å². The minimum Gasteiger partial charge on any atom is -0.268 e. The number of amides is 1. The van der Waals surface area contributed by atoms with Gasteiger partial charge in [-0.2, -0.15) is 5.10 Å². The predicted octanol–water partition coefficient (Wildman–Crippen LogP) is 1.54. The molecule has 6 heteroatoms. The van der Waals surface area contributed by atoms with Crippen molar-refractivity contribution in [1.29, 1.82) is 0 Å². The summed E-state index contributed by atoms with van der Waals surface area (Å²) in [5.41, 5.74) is 2.80. The third-order valence-corrected chi connectivity index (χ3v) is 3.62. The summed E-state index contributed by atoms with van der Waals surface area (Å²) in [6, 6.07) is 6.69. The molecule has 3 rings (SSSR count). The summed E-state index contributed by atoms with van der Waals surface area (Å²) in [7, 11) is 0. The Bertz CT molecular complexity index is 668. The lowest BCUT2D eigenvalue weighted by Gasteiger charge is -2.14. The van der Waals surface area contributed by atoms with Gasteiger partial charge in [-0.05, 0) is 25.0 Å². The third-order valence-electron chi connectivity index (χ3n) is 3.62. The number of carbonyl (C=O) groups is 1. The minimum absolute atomic E-state index is 0.271. The van der Waals surface area contributed by atoms with Crippen LogP contribution in [0.1, 0.15) is 42.2 Å². The summed E-state index contributed by atoms with van der Waals surface area (Å²) >= 11 is 0. The molecule has 2 aromatic rings. The zero-order valence-corrected chi connectivity index (χ0v) is 11.0. The van der Waals surface area contributed by atoms with E-state index in [-0.39, 0.29) is 11.5 Å². The van der Waals surface area contributed by atoms with E-state index in [9.17, 15) is 9.59 Å². The standard InChI is InChI=1S/C14H16N4O2/c19-13-7-3-4-10-17(13)16-14(20)12-8-9-15-18(12)11-5-1-2-6-11/h3-4,7-11H,1-2,5-6H2,(H,16,20). The maximum atomic E-state index is 12.3. The maximum absolute atomic E-state index is 12.3. The van der Waals surface area contributed by atoms with Crippen molar-refractivity contribution in [3.05, 3.63) is 52.7 Å². The molecule has 0 spiro atoms. The molecule has 0 unspecified atom stereocenters. The predicted molar refractivity (Wildman–Crippen MR) is 74.1 cm³/mol. The molecule has 1 amide bonds. The Labute approximate surface area is 116 Å². The van der Waals surface area contributed by atoms with Crippen LogP contribution >= 0.6 is 0 Å². The van der Waals surface area contributed by atoms with Gasteiger partial charge in [0.2, 0.25) is 0 Å². The van der Waals surface area contributed by atoms with E-state index in [0.29, 0.717) is 11.7 Å². The fourth-order valence-electron chi connectivity index (χ4n) is 2.62. The van der Waals surface area contributed by atoms with Crippen molar-refractivity contribution in [2.24, 2.45) is 0 Å². The molecule has 0 radical (unpaired) electrons. The van der Waals surface area contributed by atoms with Gasteiger partial charge in [0.15, 0.2) is 0 Å². The molecule has 1 aliphatic carbocycles. The van der Waals surface area contributed by atoms with Gasteiger partial charge >= 0.3 is 0 Å². The van der Waals surface area contributed by atoms with Gasteiger partial charge in [0.05, 0.1) is 6.04 Å². The first kappa shape index (κ1) is 12.7. The number of hydrogen-bond donors (Lipinski definition) is 1. The van der Waals surface area contributed by atoms with Crippen LogP contribution < -0.4 is 11.0 Å². The molecular formula is C14H16N4O2.